The first-order valence-electron chi connectivity index (χ1n) is 6.98. The summed E-state index contributed by atoms with van der Waals surface area (Å²) < 4.78 is 0. The lowest BCUT2D eigenvalue weighted by molar-refractivity contribution is 0.0823. The van der Waals surface area contributed by atoms with Crippen LogP contribution < -0.4 is 0 Å². The average molecular weight is 264 g/mol. The van der Waals surface area contributed by atoms with Crippen molar-refractivity contribution in [1.29, 1.82) is 0 Å². The van der Waals surface area contributed by atoms with E-state index < -0.39 is 0 Å². The smallest absolute Gasteiger partial charge is 0.176 e. The lowest BCUT2D eigenvalue weighted by Crippen LogP contribution is -2.28. The number of aryl methyl sites for hydroxylation is 1. The van der Waals surface area contributed by atoms with Crippen LogP contribution in [-0.4, -0.2) is 5.78 Å². The summed E-state index contributed by atoms with van der Waals surface area (Å²) in [4.78, 5) is 13.4. The van der Waals surface area contributed by atoms with Gasteiger partial charge in [0.05, 0.1) is 4.88 Å². The van der Waals surface area contributed by atoms with Crippen molar-refractivity contribution < 1.29 is 4.79 Å². The molecule has 1 aliphatic rings. The molecule has 1 saturated carbocycles. The average Bonchev–Trinajstić information content (AvgIpc) is 2.73. The summed E-state index contributed by atoms with van der Waals surface area (Å²) in [5.41, 5.74) is 1.55. The Morgan fingerprint density at radius 1 is 1.22 bits per heavy atom. The van der Waals surface area contributed by atoms with Crippen LogP contribution in [0.3, 0.4) is 0 Å². The molecule has 18 heavy (non-hydrogen) atoms. The molecule has 1 fully saturated rings. The molecule has 0 bridgehead atoms. The van der Waals surface area contributed by atoms with Gasteiger partial charge < -0.3 is 0 Å². The highest BCUT2D eigenvalue weighted by atomic mass is 32.1. The van der Waals surface area contributed by atoms with E-state index in [0.29, 0.717) is 11.2 Å². The molecule has 1 nitrogen and oxygen atoms in total. The van der Waals surface area contributed by atoms with Gasteiger partial charge in [0.2, 0.25) is 0 Å². The van der Waals surface area contributed by atoms with Crippen LogP contribution in [0.1, 0.15) is 61.7 Å². The Kier molecular flexibility index (Phi) is 3.96. The minimum absolute atomic E-state index is 0.279. The number of thiophene rings is 1. The summed E-state index contributed by atoms with van der Waals surface area (Å²) in [5, 5.41) is 2.03. The van der Waals surface area contributed by atoms with Gasteiger partial charge in [-0.15, -0.1) is 11.3 Å². The van der Waals surface area contributed by atoms with Crippen LogP contribution in [0.5, 0.6) is 0 Å². The van der Waals surface area contributed by atoms with Crippen LogP contribution in [0, 0.1) is 24.2 Å². The SMILES string of the molecule is Cc1ccsc1C(=O)C1CCC(C(C)(C)C)CC1. The molecule has 2 heteroatoms. The molecule has 0 aliphatic heterocycles. The molecule has 1 aromatic rings. The fraction of sp³-hybridized carbons (Fsp3) is 0.688. The largest absolute Gasteiger partial charge is 0.293 e. The zero-order valence-corrected chi connectivity index (χ0v) is 12.8. The van der Waals surface area contributed by atoms with Crippen LogP contribution in [0.25, 0.3) is 0 Å². The Morgan fingerprint density at radius 2 is 1.83 bits per heavy atom. The van der Waals surface area contributed by atoms with E-state index >= 15 is 0 Å². The topological polar surface area (TPSA) is 17.1 Å². The molecule has 0 unspecified atom stereocenters. The van der Waals surface area contributed by atoms with Gasteiger partial charge in [0.25, 0.3) is 0 Å². The minimum Gasteiger partial charge on any atom is -0.293 e. The highest BCUT2D eigenvalue weighted by molar-refractivity contribution is 7.12. The third kappa shape index (κ3) is 2.85. The van der Waals surface area contributed by atoms with Crippen molar-refractivity contribution in [1.82, 2.24) is 0 Å². The maximum Gasteiger partial charge on any atom is 0.176 e. The van der Waals surface area contributed by atoms with Gasteiger partial charge in [-0.25, -0.2) is 0 Å². The summed E-state index contributed by atoms with van der Waals surface area (Å²) >= 11 is 1.61. The quantitative estimate of drug-likeness (QED) is 0.680. The molecule has 0 aromatic carbocycles. The zero-order chi connectivity index (χ0) is 13.3. The Morgan fingerprint density at radius 3 is 2.28 bits per heavy atom. The van der Waals surface area contributed by atoms with Crippen LogP contribution in [0.15, 0.2) is 11.4 Å². The molecule has 0 saturated heterocycles. The van der Waals surface area contributed by atoms with Gasteiger partial charge in [0.1, 0.15) is 0 Å². The number of hydrogen-bond acceptors (Lipinski definition) is 2. The van der Waals surface area contributed by atoms with Crippen molar-refractivity contribution in [2.75, 3.05) is 0 Å². The van der Waals surface area contributed by atoms with E-state index in [1.165, 1.54) is 12.8 Å². The van der Waals surface area contributed by atoms with Crippen LogP contribution >= 0.6 is 11.3 Å². The summed E-state index contributed by atoms with van der Waals surface area (Å²) in [7, 11) is 0. The summed E-state index contributed by atoms with van der Waals surface area (Å²) in [6.07, 6.45) is 4.59. The van der Waals surface area contributed by atoms with Gasteiger partial charge in [-0.3, -0.25) is 4.79 Å². The fourth-order valence-electron chi connectivity index (χ4n) is 3.03. The second kappa shape index (κ2) is 5.16. The number of hydrogen-bond donors (Lipinski definition) is 0. The van der Waals surface area contributed by atoms with Crippen molar-refractivity contribution in [2.45, 2.75) is 53.4 Å². The Hall–Kier alpha value is -0.630. The van der Waals surface area contributed by atoms with Gasteiger partial charge in [0, 0.05) is 5.92 Å². The van der Waals surface area contributed by atoms with E-state index in [0.717, 1.165) is 29.2 Å². The fourth-order valence-corrected chi connectivity index (χ4v) is 3.98. The van der Waals surface area contributed by atoms with E-state index in [9.17, 15) is 4.79 Å². The molecule has 0 spiro atoms. The van der Waals surface area contributed by atoms with Gasteiger partial charge in [-0.2, -0.15) is 0 Å². The monoisotopic (exact) mass is 264 g/mol. The summed E-state index contributed by atoms with van der Waals surface area (Å²) in [6, 6.07) is 2.05. The predicted molar refractivity (Wildman–Crippen MR) is 78.3 cm³/mol. The van der Waals surface area contributed by atoms with Gasteiger partial charge in [0.15, 0.2) is 5.78 Å². The minimum atomic E-state index is 0.279. The number of carbonyl (C=O) groups excluding carboxylic acids is 1. The molecule has 0 atom stereocenters. The van der Waals surface area contributed by atoms with E-state index in [-0.39, 0.29) is 5.92 Å². The summed E-state index contributed by atoms with van der Waals surface area (Å²) in [6.45, 7) is 9.01. The number of ketones is 1. The second-order valence-corrected chi connectivity index (χ2v) is 7.63. The third-order valence-electron chi connectivity index (χ3n) is 4.41. The second-order valence-electron chi connectivity index (χ2n) is 6.71. The number of carbonyl (C=O) groups is 1. The van der Waals surface area contributed by atoms with Crippen molar-refractivity contribution in [3.63, 3.8) is 0 Å². The standard InChI is InChI=1S/C16H24OS/c1-11-9-10-18-15(11)14(17)12-5-7-13(8-6-12)16(2,3)4/h9-10,12-13H,5-8H2,1-4H3. The molecule has 0 amide bonds. The van der Waals surface area contributed by atoms with Crippen molar-refractivity contribution in [3.05, 3.63) is 21.9 Å². The lowest BCUT2D eigenvalue weighted by Gasteiger charge is -2.36. The molecule has 1 heterocycles. The lowest BCUT2D eigenvalue weighted by atomic mass is 9.69. The molecule has 2 rings (SSSR count). The maximum atomic E-state index is 12.4. The first kappa shape index (κ1) is 13.8. The van der Waals surface area contributed by atoms with E-state index in [2.05, 4.69) is 26.8 Å². The molecule has 1 aliphatic carbocycles. The van der Waals surface area contributed by atoms with Crippen LogP contribution in [0.4, 0.5) is 0 Å². The van der Waals surface area contributed by atoms with Crippen molar-refractivity contribution in [3.8, 4) is 0 Å². The molecular weight excluding hydrogens is 240 g/mol. The Balaban J connectivity index is 1.99. The highest BCUT2D eigenvalue weighted by Gasteiger charge is 2.33. The van der Waals surface area contributed by atoms with Crippen molar-refractivity contribution in [2.24, 2.45) is 17.3 Å². The molecule has 0 N–H and O–H groups in total. The zero-order valence-electron chi connectivity index (χ0n) is 12.0. The first-order valence-corrected chi connectivity index (χ1v) is 7.86. The third-order valence-corrected chi connectivity index (χ3v) is 5.44. The van der Waals surface area contributed by atoms with E-state index in [1.807, 2.05) is 12.3 Å². The van der Waals surface area contributed by atoms with Gasteiger partial charge >= 0.3 is 0 Å². The predicted octanol–water partition coefficient (Wildman–Crippen LogP) is 5.09. The van der Waals surface area contributed by atoms with E-state index in [1.54, 1.807) is 11.3 Å². The normalized spacial score (nSPS) is 25.1. The van der Waals surface area contributed by atoms with E-state index in [4.69, 9.17) is 0 Å². The molecular formula is C16H24OS. The molecule has 1 aromatic heterocycles. The number of rotatable bonds is 2. The molecule has 100 valence electrons. The Bertz CT molecular complexity index is 417. The van der Waals surface area contributed by atoms with Crippen molar-refractivity contribution >= 4 is 17.1 Å². The molecule has 0 radical (unpaired) electrons. The van der Waals surface area contributed by atoms with Gasteiger partial charge in [-0.1, -0.05) is 20.8 Å². The first-order chi connectivity index (χ1) is 8.39. The summed E-state index contributed by atoms with van der Waals surface area (Å²) in [5.74, 6) is 1.46. The highest BCUT2D eigenvalue weighted by Crippen LogP contribution is 2.41. The number of Topliss-reactive ketones (excluding diaryl/α,β-unsaturated/α-hetero) is 1. The maximum absolute atomic E-state index is 12.4. The Labute approximate surface area is 115 Å². The van der Waals surface area contributed by atoms with Crippen LogP contribution in [0.2, 0.25) is 0 Å². The van der Waals surface area contributed by atoms with Crippen LogP contribution in [-0.2, 0) is 0 Å². The van der Waals surface area contributed by atoms with Gasteiger partial charge in [-0.05, 0) is 60.9 Å².